The highest BCUT2D eigenvalue weighted by Gasteiger charge is 2.16. The molecule has 1 unspecified atom stereocenters. The van der Waals surface area contributed by atoms with Crippen molar-refractivity contribution >= 4 is 29.1 Å². The molecule has 0 N–H and O–H groups in total. The van der Waals surface area contributed by atoms with Crippen molar-refractivity contribution in [2.75, 3.05) is 20.8 Å². The third-order valence-electron chi connectivity index (χ3n) is 1.75. The summed E-state index contributed by atoms with van der Waals surface area (Å²) in [4.78, 5) is 11.1. The van der Waals surface area contributed by atoms with E-state index in [1.54, 1.807) is 30.2 Å². The van der Waals surface area contributed by atoms with Gasteiger partial charge in [0.05, 0.1) is 24.3 Å². The number of rotatable bonds is 6. The summed E-state index contributed by atoms with van der Waals surface area (Å²) in [5.74, 6) is -0.193. The van der Waals surface area contributed by atoms with Crippen LogP contribution in [0.2, 0.25) is 0 Å². The first kappa shape index (κ1) is 12.5. The first-order chi connectivity index (χ1) is 7.26. The Hall–Kier alpha value is -0.520. The van der Waals surface area contributed by atoms with Crippen molar-refractivity contribution in [3.8, 4) is 0 Å². The summed E-state index contributed by atoms with van der Waals surface area (Å²) >= 11 is 3.32. The minimum atomic E-state index is -0.193. The van der Waals surface area contributed by atoms with Crippen LogP contribution in [0.4, 0.5) is 0 Å². The fourth-order valence-corrected chi connectivity index (χ4v) is 3.24. The number of ether oxygens (including phenoxy) is 2. The Morgan fingerprint density at radius 2 is 2.40 bits per heavy atom. The van der Waals surface area contributed by atoms with Gasteiger partial charge in [-0.05, 0) is 11.4 Å². The molecule has 5 heteroatoms. The Kier molecular flexibility index (Phi) is 5.75. The second kappa shape index (κ2) is 6.87. The number of esters is 1. The smallest absolute Gasteiger partial charge is 0.306 e. The van der Waals surface area contributed by atoms with Crippen molar-refractivity contribution in [1.29, 1.82) is 0 Å². The Morgan fingerprint density at radius 3 is 2.93 bits per heavy atom. The van der Waals surface area contributed by atoms with Gasteiger partial charge in [-0.25, -0.2) is 0 Å². The fraction of sp³-hybridized carbons (Fsp3) is 0.500. The highest BCUT2D eigenvalue weighted by Crippen LogP contribution is 2.29. The van der Waals surface area contributed by atoms with Crippen molar-refractivity contribution in [2.45, 2.75) is 15.9 Å². The van der Waals surface area contributed by atoms with Crippen molar-refractivity contribution in [2.24, 2.45) is 0 Å². The second-order valence-electron chi connectivity index (χ2n) is 2.91. The van der Waals surface area contributed by atoms with E-state index in [9.17, 15) is 4.79 Å². The van der Waals surface area contributed by atoms with Crippen LogP contribution in [0.25, 0.3) is 0 Å². The third-order valence-corrected chi connectivity index (χ3v) is 4.00. The summed E-state index contributed by atoms with van der Waals surface area (Å²) in [5, 5.41) is 2.14. The molecule has 1 rings (SSSR count). The van der Waals surface area contributed by atoms with Gasteiger partial charge in [-0.3, -0.25) is 4.79 Å². The van der Waals surface area contributed by atoms with Crippen molar-refractivity contribution in [1.82, 2.24) is 0 Å². The fourth-order valence-electron chi connectivity index (χ4n) is 1.08. The van der Waals surface area contributed by atoms with Gasteiger partial charge in [0.25, 0.3) is 0 Å². The highest BCUT2D eigenvalue weighted by molar-refractivity contribution is 8.01. The van der Waals surface area contributed by atoms with Gasteiger partial charge < -0.3 is 9.47 Å². The molecule has 15 heavy (non-hydrogen) atoms. The number of methoxy groups -OCH3 is 2. The van der Waals surface area contributed by atoms with Gasteiger partial charge in [-0.2, -0.15) is 0 Å². The van der Waals surface area contributed by atoms with Crippen molar-refractivity contribution in [3.05, 3.63) is 17.5 Å². The molecule has 0 bridgehead atoms. The lowest BCUT2D eigenvalue weighted by Crippen LogP contribution is -2.16. The summed E-state index contributed by atoms with van der Waals surface area (Å²) in [5.41, 5.74) is 0. The van der Waals surface area contributed by atoms with Crippen LogP contribution in [0.1, 0.15) is 6.42 Å². The van der Waals surface area contributed by atoms with E-state index in [0.717, 1.165) is 0 Å². The zero-order chi connectivity index (χ0) is 11.1. The molecule has 0 saturated carbocycles. The quantitative estimate of drug-likeness (QED) is 0.570. The van der Waals surface area contributed by atoms with Gasteiger partial charge >= 0.3 is 5.97 Å². The standard InChI is InChI=1S/C10H14O3S2/c1-12-7-8(6-9(11)13-2)15-10-4-3-5-14-10/h3-5,8H,6-7H2,1-2H3. The van der Waals surface area contributed by atoms with E-state index in [4.69, 9.17) is 4.74 Å². The molecule has 0 fully saturated rings. The average molecular weight is 246 g/mol. The molecule has 0 saturated heterocycles. The predicted octanol–water partition coefficient (Wildman–Crippen LogP) is 2.42. The van der Waals surface area contributed by atoms with Gasteiger partial charge in [0.2, 0.25) is 0 Å². The van der Waals surface area contributed by atoms with Crippen LogP contribution in [0.3, 0.4) is 0 Å². The van der Waals surface area contributed by atoms with Gasteiger partial charge in [-0.1, -0.05) is 6.07 Å². The largest absolute Gasteiger partial charge is 0.469 e. The lowest BCUT2D eigenvalue weighted by atomic mass is 10.3. The summed E-state index contributed by atoms with van der Waals surface area (Å²) in [6.45, 7) is 0.553. The van der Waals surface area contributed by atoms with E-state index in [2.05, 4.69) is 4.74 Å². The molecule has 1 atom stereocenters. The normalized spacial score (nSPS) is 12.4. The Bertz CT molecular complexity index is 285. The number of carbonyl (C=O) groups excluding carboxylic acids is 1. The number of hydrogen-bond acceptors (Lipinski definition) is 5. The molecule has 0 aliphatic heterocycles. The molecule has 3 nitrogen and oxygen atoms in total. The molecule has 84 valence electrons. The zero-order valence-electron chi connectivity index (χ0n) is 8.76. The molecule has 1 aromatic rings. The molecule has 0 radical (unpaired) electrons. The summed E-state index contributed by atoms with van der Waals surface area (Å²) < 4.78 is 10.9. The first-order valence-electron chi connectivity index (χ1n) is 4.52. The number of carbonyl (C=O) groups is 1. The summed E-state index contributed by atoms with van der Waals surface area (Å²) in [7, 11) is 3.04. The van der Waals surface area contributed by atoms with Crippen LogP contribution in [-0.4, -0.2) is 32.0 Å². The summed E-state index contributed by atoms with van der Waals surface area (Å²) in [6, 6.07) is 4.03. The van der Waals surface area contributed by atoms with Crippen molar-refractivity contribution < 1.29 is 14.3 Å². The average Bonchev–Trinajstić information content (AvgIpc) is 2.70. The van der Waals surface area contributed by atoms with E-state index >= 15 is 0 Å². The first-order valence-corrected chi connectivity index (χ1v) is 6.28. The Balaban J connectivity index is 2.46. The lowest BCUT2D eigenvalue weighted by molar-refractivity contribution is -0.140. The van der Waals surface area contributed by atoms with E-state index in [-0.39, 0.29) is 11.2 Å². The van der Waals surface area contributed by atoms with Gasteiger partial charge in [-0.15, -0.1) is 23.1 Å². The molecule has 0 aliphatic carbocycles. The molecule has 0 aromatic carbocycles. The lowest BCUT2D eigenvalue weighted by Gasteiger charge is -2.12. The highest BCUT2D eigenvalue weighted by atomic mass is 32.2. The Labute approximate surface area is 97.8 Å². The monoisotopic (exact) mass is 246 g/mol. The van der Waals surface area contributed by atoms with E-state index in [1.807, 2.05) is 17.5 Å². The van der Waals surface area contributed by atoms with Gasteiger partial charge in [0.15, 0.2) is 0 Å². The number of hydrogen-bond donors (Lipinski definition) is 0. The van der Waals surface area contributed by atoms with Crippen LogP contribution in [-0.2, 0) is 14.3 Å². The van der Waals surface area contributed by atoms with Crippen LogP contribution in [0, 0.1) is 0 Å². The molecule has 0 amide bonds. The molecule has 0 aliphatic rings. The molecular formula is C10H14O3S2. The van der Waals surface area contributed by atoms with Gasteiger partial charge in [0, 0.05) is 12.4 Å². The van der Waals surface area contributed by atoms with E-state index < -0.39 is 0 Å². The van der Waals surface area contributed by atoms with Crippen LogP contribution >= 0.6 is 23.1 Å². The van der Waals surface area contributed by atoms with Crippen LogP contribution in [0.15, 0.2) is 21.7 Å². The predicted molar refractivity (Wildman–Crippen MR) is 62.5 cm³/mol. The molecular weight excluding hydrogens is 232 g/mol. The molecule has 1 aromatic heterocycles. The zero-order valence-corrected chi connectivity index (χ0v) is 10.4. The molecule has 1 heterocycles. The minimum absolute atomic E-state index is 0.126. The van der Waals surface area contributed by atoms with Crippen LogP contribution < -0.4 is 0 Å². The van der Waals surface area contributed by atoms with Gasteiger partial charge in [0.1, 0.15) is 0 Å². The number of thiophene rings is 1. The number of thioether (sulfide) groups is 1. The maximum Gasteiger partial charge on any atom is 0.306 e. The van der Waals surface area contributed by atoms with E-state index in [1.165, 1.54) is 11.3 Å². The maximum absolute atomic E-state index is 11.1. The second-order valence-corrected chi connectivity index (χ2v) is 5.46. The third kappa shape index (κ3) is 4.68. The van der Waals surface area contributed by atoms with E-state index in [0.29, 0.717) is 13.0 Å². The van der Waals surface area contributed by atoms with Crippen molar-refractivity contribution in [3.63, 3.8) is 0 Å². The maximum atomic E-state index is 11.1. The summed E-state index contributed by atoms with van der Waals surface area (Å²) in [6.07, 6.45) is 0.382. The SMILES string of the molecule is COCC(CC(=O)OC)Sc1cccs1. The minimum Gasteiger partial charge on any atom is -0.469 e. The topological polar surface area (TPSA) is 35.5 Å². The Morgan fingerprint density at radius 1 is 1.60 bits per heavy atom. The molecule has 0 spiro atoms. The van der Waals surface area contributed by atoms with Crippen LogP contribution in [0.5, 0.6) is 0 Å².